The van der Waals surface area contributed by atoms with Crippen LogP contribution in [0.5, 0.6) is 0 Å². The third-order valence-electron chi connectivity index (χ3n) is 3.52. The molecule has 5 nitrogen and oxygen atoms in total. The van der Waals surface area contributed by atoms with Gasteiger partial charge >= 0.3 is 5.97 Å². The first-order valence-electron chi connectivity index (χ1n) is 6.93. The second-order valence-electron chi connectivity index (χ2n) is 5.03. The maximum atomic E-state index is 11.2. The molecule has 0 aliphatic heterocycles. The summed E-state index contributed by atoms with van der Waals surface area (Å²) in [5.41, 5.74) is 5.70. The van der Waals surface area contributed by atoms with Gasteiger partial charge in [-0.3, -0.25) is 4.79 Å². The first-order valence-corrected chi connectivity index (χ1v) is 6.93. The molecule has 1 rings (SSSR count). The van der Waals surface area contributed by atoms with E-state index in [2.05, 4.69) is 5.32 Å². The molecule has 1 fully saturated rings. The molecule has 2 unspecified atom stereocenters. The van der Waals surface area contributed by atoms with E-state index in [1.807, 2.05) is 0 Å². The van der Waals surface area contributed by atoms with Crippen molar-refractivity contribution in [3.8, 4) is 0 Å². The van der Waals surface area contributed by atoms with Crippen molar-refractivity contribution in [2.24, 2.45) is 17.6 Å². The molecule has 0 heterocycles. The Morgan fingerprint density at radius 3 is 2.89 bits per heavy atom. The van der Waals surface area contributed by atoms with Crippen LogP contribution in [0.3, 0.4) is 0 Å². The van der Waals surface area contributed by atoms with Gasteiger partial charge in [0.1, 0.15) is 6.61 Å². The quantitative estimate of drug-likeness (QED) is 0.430. The summed E-state index contributed by atoms with van der Waals surface area (Å²) in [6, 6.07) is 0. The van der Waals surface area contributed by atoms with E-state index in [9.17, 15) is 4.79 Å². The fraction of sp³-hybridized carbons (Fsp3) is 0.923. The Bertz CT molecular complexity index is 236. The molecule has 4 N–H and O–H groups in total. The standard InChI is InChI=1S/C13H26N2O3/c14-9-11-2-1-3-12(8-11)10-15-5-4-13(17)18-7-6-16/h11-12,15-16H,1-10,14H2. The van der Waals surface area contributed by atoms with Crippen LogP contribution in [0.1, 0.15) is 32.1 Å². The van der Waals surface area contributed by atoms with Crippen molar-refractivity contribution in [3.63, 3.8) is 0 Å². The van der Waals surface area contributed by atoms with Gasteiger partial charge < -0.3 is 20.9 Å². The first kappa shape index (κ1) is 15.4. The monoisotopic (exact) mass is 258 g/mol. The predicted molar refractivity (Wildman–Crippen MR) is 70.0 cm³/mol. The normalized spacial score (nSPS) is 23.9. The van der Waals surface area contributed by atoms with Gasteiger partial charge in [-0.15, -0.1) is 0 Å². The number of esters is 1. The molecule has 0 spiro atoms. The maximum Gasteiger partial charge on any atom is 0.307 e. The van der Waals surface area contributed by atoms with Crippen molar-refractivity contribution in [2.45, 2.75) is 32.1 Å². The third kappa shape index (κ3) is 6.33. The zero-order valence-corrected chi connectivity index (χ0v) is 11.1. The van der Waals surface area contributed by atoms with Crippen LogP contribution in [0, 0.1) is 11.8 Å². The second kappa shape index (κ2) is 9.30. The third-order valence-corrected chi connectivity index (χ3v) is 3.52. The molecule has 5 heteroatoms. The summed E-state index contributed by atoms with van der Waals surface area (Å²) in [7, 11) is 0. The van der Waals surface area contributed by atoms with Crippen molar-refractivity contribution in [1.82, 2.24) is 5.32 Å². The van der Waals surface area contributed by atoms with E-state index in [1.165, 1.54) is 25.7 Å². The van der Waals surface area contributed by atoms with Gasteiger partial charge in [-0.2, -0.15) is 0 Å². The molecule has 0 saturated heterocycles. The summed E-state index contributed by atoms with van der Waals surface area (Å²) in [6.07, 6.45) is 5.37. The number of hydrogen-bond acceptors (Lipinski definition) is 5. The molecular weight excluding hydrogens is 232 g/mol. The molecule has 18 heavy (non-hydrogen) atoms. The van der Waals surface area contributed by atoms with Crippen molar-refractivity contribution in [2.75, 3.05) is 32.8 Å². The number of hydrogen-bond donors (Lipinski definition) is 3. The highest BCUT2D eigenvalue weighted by molar-refractivity contribution is 5.69. The van der Waals surface area contributed by atoms with Gasteiger partial charge in [0.25, 0.3) is 0 Å². The minimum atomic E-state index is -0.250. The smallest absolute Gasteiger partial charge is 0.307 e. The van der Waals surface area contributed by atoms with Gasteiger partial charge in [0.2, 0.25) is 0 Å². The molecule has 0 radical (unpaired) electrons. The zero-order valence-electron chi connectivity index (χ0n) is 11.1. The Hall–Kier alpha value is -0.650. The molecule has 106 valence electrons. The highest BCUT2D eigenvalue weighted by Crippen LogP contribution is 2.27. The van der Waals surface area contributed by atoms with E-state index in [0.29, 0.717) is 24.8 Å². The lowest BCUT2D eigenvalue weighted by atomic mass is 9.81. The van der Waals surface area contributed by atoms with Crippen LogP contribution in [0.4, 0.5) is 0 Å². The van der Waals surface area contributed by atoms with E-state index in [0.717, 1.165) is 13.1 Å². The van der Waals surface area contributed by atoms with Crippen LogP contribution in [0.2, 0.25) is 0 Å². The zero-order chi connectivity index (χ0) is 13.2. The number of rotatable bonds is 8. The highest BCUT2D eigenvalue weighted by Gasteiger charge is 2.20. The fourth-order valence-electron chi connectivity index (χ4n) is 2.53. The van der Waals surface area contributed by atoms with Gasteiger partial charge in [-0.25, -0.2) is 0 Å². The summed E-state index contributed by atoms with van der Waals surface area (Å²) in [5.74, 6) is 1.13. The molecule has 0 bridgehead atoms. The van der Waals surface area contributed by atoms with Crippen LogP contribution < -0.4 is 11.1 Å². The lowest BCUT2D eigenvalue weighted by Gasteiger charge is -2.28. The average molecular weight is 258 g/mol. The van der Waals surface area contributed by atoms with Gasteiger partial charge in [-0.05, 0) is 44.2 Å². The van der Waals surface area contributed by atoms with Crippen LogP contribution in [-0.4, -0.2) is 43.9 Å². The molecule has 0 aromatic heterocycles. The highest BCUT2D eigenvalue weighted by atomic mass is 16.5. The van der Waals surface area contributed by atoms with Crippen LogP contribution in [-0.2, 0) is 9.53 Å². The first-order chi connectivity index (χ1) is 8.76. The Labute approximate surface area is 109 Å². The number of nitrogens with two attached hydrogens (primary N) is 1. The number of aliphatic hydroxyl groups is 1. The summed E-state index contributed by atoms with van der Waals surface area (Å²) in [4.78, 5) is 11.2. The molecule has 0 aromatic carbocycles. The molecule has 0 amide bonds. The second-order valence-corrected chi connectivity index (χ2v) is 5.03. The van der Waals surface area contributed by atoms with Crippen molar-refractivity contribution in [1.29, 1.82) is 0 Å². The number of nitrogens with one attached hydrogen (secondary N) is 1. The van der Waals surface area contributed by atoms with E-state index in [1.54, 1.807) is 0 Å². The number of aliphatic hydroxyl groups excluding tert-OH is 1. The van der Waals surface area contributed by atoms with Crippen LogP contribution in [0.15, 0.2) is 0 Å². The Morgan fingerprint density at radius 2 is 2.17 bits per heavy atom. The largest absolute Gasteiger partial charge is 0.463 e. The van der Waals surface area contributed by atoms with Gasteiger partial charge in [0.15, 0.2) is 0 Å². The average Bonchev–Trinajstić information content (AvgIpc) is 2.41. The minimum absolute atomic E-state index is 0.0969. The van der Waals surface area contributed by atoms with Gasteiger partial charge in [0.05, 0.1) is 13.0 Å². The molecular formula is C13H26N2O3. The number of carbonyl (C=O) groups excluding carboxylic acids is 1. The van der Waals surface area contributed by atoms with Crippen LogP contribution in [0.25, 0.3) is 0 Å². The van der Waals surface area contributed by atoms with Gasteiger partial charge in [0, 0.05) is 6.54 Å². The van der Waals surface area contributed by atoms with E-state index < -0.39 is 0 Å². The topological polar surface area (TPSA) is 84.6 Å². The summed E-state index contributed by atoms with van der Waals surface area (Å²) in [5, 5.41) is 11.8. The van der Waals surface area contributed by atoms with Crippen molar-refractivity contribution >= 4 is 5.97 Å². The van der Waals surface area contributed by atoms with E-state index in [4.69, 9.17) is 15.6 Å². The SMILES string of the molecule is NCC1CCCC(CNCCC(=O)OCCO)C1. The van der Waals surface area contributed by atoms with Crippen molar-refractivity contribution < 1.29 is 14.6 Å². The molecule has 1 saturated carbocycles. The Balaban J connectivity index is 2.01. The lowest BCUT2D eigenvalue weighted by molar-refractivity contribution is -0.144. The maximum absolute atomic E-state index is 11.2. The molecule has 1 aliphatic carbocycles. The fourth-order valence-corrected chi connectivity index (χ4v) is 2.53. The van der Waals surface area contributed by atoms with Crippen molar-refractivity contribution in [3.05, 3.63) is 0 Å². The molecule has 1 aliphatic rings. The summed E-state index contributed by atoms with van der Waals surface area (Å²) >= 11 is 0. The molecule has 0 aromatic rings. The predicted octanol–water partition coefficient (Wildman–Crippen LogP) is 0.267. The van der Waals surface area contributed by atoms with Crippen LogP contribution >= 0.6 is 0 Å². The minimum Gasteiger partial charge on any atom is -0.463 e. The van der Waals surface area contributed by atoms with E-state index >= 15 is 0 Å². The lowest BCUT2D eigenvalue weighted by Crippen LogP contribution is -2.31. The summed E-state index contributed by atoms with van der Waals surface area (Å²) in [6.45, 7) is 2.39. The van der Waals surface area contributed by atoms with E-state index in [-0.39, 0.29) is 19.2 Å². The Kier molecular flexibility index (Phi) is 7.96. The van der Waals surface area contributed by atoms with Gasteiger partial charge in [-0.1, -0.05) is 6.42 Å². The number of ether oxygens (including phenoxy) is 1. The molecule has 2 atom stereocenters. The number of carbonyl (C=O) groups is 1. The summed E-state index contributed by atoms with van der Waals surface area (Å²) < 4.78 is 4.77. The Morgan fingerprint density at radius 1 is 1.39 bits per heavy atom.